The fraction of sp³-hybridized carbons (Fsp3) is 0.130. The number of hydrogen-bond acceptors (Lipinski definition) is 12. The summed E-state index contributed by atoms with van der Waals surface area (Å²) in [6, 6.07) is 38.7. The second-order valence-corrected chi connectivity index (χ2v) is 15.7. The lowest BCUT2D eigenvalue weighted by atomic mass is 10.1. The highest BCUT2D eigenvalue weighted by Gasteiger charge is 2.10. The van der Waals surface area contributed by atoms with Crippen LogP contribution in [0.2, 0.25) is 0 Å². The van der Waals surface area contributed by atoms with E-state index in [1.165, 1.54) is 19.6 Å². The zero-order valence-electron chi connectivity index (χ0n) is 33.0. The van der Waals surface area contributed by atoms with Crippen molar-refractivity contribution in [2.24, 2.45) is 20.0 Å². The zero-order valence-corrected chi connectivity index (χ0v) is 36.3. The maximum Gasteiger partial charge on any atom is 0.133 e. The van der Waals surface area contributed by atoms with E-state index in [1.54, 1.807) is 110 Å². The average molecular weight is 845 g/mol. The van der Waals surface area contributed by atoms with Gasteiger partial charge in [0.2, 0.25) is 0 Å². The summed E-state index contributed by atoms with van der Waals surface area (Å²) in [5.41, 5.74) is 5.52. The molecule has 0 spiro atoms. The minimum Gasteiger partial charge on any atom is -0.507 e. The maximum atomic E-state index is 10.7. The molecule has 0 amide bonds. The topological polar surface area (TPSA) is 108 Å². The Bertz CT molecular complexity index is 2040. The number of nitrogens with zero attached hydrogens (tertiary/aromatic N) is 4. The van der Waals surface area contributed by atoms with Crippen LogP contribution >= 0.6 is 47.0 Å². The van der Waals surface area contributed by atoms with Crippen molar-refractivity contribution >= 4 is 94.7 Å². The highest BCUT2D eigenvalue weighted by Crippen LogP contribution is 2.30. The molecule has 6 aromatic carbocycles. The van der Waals surface area contributed by atoms with Gasteiger partial charge in [-0.25, -0.2) is 0 Å². The normalized spacial score (nSPS) is 11.4. The van der Waals surface area contributed by atoms with Gasteiger partial charge in [0.1, 0.15) is 23.0 Å². The summed E-state index contributed by atoms with van der Waals surface area (Å²) < 4.78 is 10.8. The van der Waals surface area contributed by atoms with Crippen LogP contribution in [0.15, 0.2) is 161 Å². The molecule has 0 fully saturated rings. The molecule has 0 saturated heterocycles. The highest BCUT2D eigenvalue weighted by molar-refractivity contribution is 7.99. The lowest BCUT2D eigenvalue weighted by Gasteiger charge is -2.07. The molecule has 0 heterocycles. The molecule has 0 aliphatic rings. The van der Waals surface area contributed by atoms with Crippen molar-refractivity contribution in [1.82, 2.24) is 0 Å². The van der Waals surface area contributed by atoms with E-state index >= 15 is 0 Å². The Kier molecular flexibility index (Phi) is 17.0. The molecule has 0 aromatic heterocycles. The van der Waals surface area contributed by atoms with Gasteiger partial charge in [-0.2, -0.15) is 0 Å². The van der Waals surface area contributed by atoms with Gasteiger partial charge in [-0.1, -0.05) is 0 Å². The van der Waals surface area contributed by atoms with Crippen LogP contribution in [0.3, 0.4) is 0 Å². The molecule has 0 atom stereocenters. The number of thioether (sulfide) groups is 4. The maximum absolute atomic E-state index is 10.7. The van der Waals surface area contributed by atoms with Crippen molar-refractivity contribution in [3.05, 3.63) is 144 Å². The van der Waals surface area contributed by atoms with E-state index in [9.17, 15) is 10.2 Å². The smallest absolute Gasteiger partial charge is 0.133 e. The van der Waals surface area contributed by atoms with Crippen LogP contribution < -0.4 is 9.47 Å². The second kappa shape index (κ2) is 22.5. The third kappa shape index (κ3) is 12.8. The fourth-order valence-electron chi connectivity index (χ4n) is 5.18. The number of aliphatic imine (C=N–C) groups is 4. The molecule has 12 heteroatoms. The van der Waals surface area contributed by atoms with E-state index in [0.29, 0.717) is 33.8 Å². The number of phenols is 2. The van der Waals surface area contributed by atoms with Crippen LogP contribution in [0.4, 0.5) is 22.7 Å². The summed E-state index contributed by atoms with van der Waals surface area (Å²) >= 11 is 6.73. The molecule has 0 radical (unpaired) electrons. The van der Waals surface area contributed by atoms with Crippen molar-refractivity contribution in [3.8, 4) is 23.0 Å². The van der Waals surface area contributed by atoms with Crippen LogP contribution in [0.25, 0.3) is 0 Å². The van der Waals surface area contributed by atoms with E-state index in [4.69, 9.17) is 9.47 Å². The molecular weight excluding hydrogens is 801 g/mol. The Morgan fingerprint density at radius 2 is 0.586 bits per heavy atom. The number of hydrogen-bond donors (Lipinski definition) is 2. The van der Waals surface area contributed by atoms with Gasteiger partial charge < -0.3 is 19.7 Å². The van der Waals surface area contributed by atoms with Gasteiger partial charge in [0.05, 0.1) is 37.0 Å². The average Bonchev–Trinajstić information content (AvgIpc) is 3.28. The van der Waals surface area contributed by atoms with Gasteiger partial charge in [0, 0.05) is 66.7 Å². The number of phenolic OH excluding ortho intramolecular Hbond substituents is 2. The molecule has 0 aliphatic carbocycles. The molecule has 0 saturated carbocycles. The zero-order chi connectivity index (χ0) is 41.3. The van der Waals surface area contributed by atoms with Gasteiger partial charge >= 0.3 is 0 Å². The minimum atomic E-state index is 0.111. The van der Waals surface area contributed by atoms with Gasteiger partial charge in [-0.3, -0.25) is 20.0 Å². The summed E-state index contributed by atoms with van der Waals surface area (Å²) in [7, 11) is 3.19. The van der Waals surface area contributed by atoms with Gasteiger partial charge in [-0.05, 0) is 146 Å². The predicted octanol–water partition coefficient (Wildman–Crippen LogP) is 12.7. The predicted molar refractivity (Wildman–Crippen MR) is 251 cm³/mol. The Morgan fingerprint density at radius 3 is 0.759 bits per heavy atom. The van der Waals surface area contributed by atoms with Crippen LogP contribution in [0.5, 0.6) is 23.0 Å². The van der Waals surface area contributed by atoms with Crippen molar-refractivity contribution in [2.75, 3.05) is 39.2 Å². The monoisotopic (exact) mass is 844 g/mol. The largest absolute Gasteiger partial charge is 0.507 e. The van der Waals surface area contributed by atoms with Crippen LogP contribution in [0, 0.1) is 0 Å². The number of methoxy groups -OCH3 is 2. The molecule has 2 N–H and O–H groups in total. The standard InChI is InChI=1S/2C23H22N2O2S2/c2*1-27-20-12-16(14-24-18-4-8-21(28-2)9-5-18)23(26)17(13-20)15-25-19-6-10-22(29-3)11-7-19/h2*4-15,26H,1-3H3. The molecule has 0 unspecified atom stereocenters. The third-order valence-corrected chi connectivity index (χ3v) is 11.4. The second-order valence-electron chi connectivity index (χ2n) is 12.1. The lowest BCUT2D eigenvalue weighted by molar-refractivity contribution is 0.412. The van der Waals surface area contributed by atoms with Crippen molar-refractivity contribution < 1.29 is 19.7 Å². The first kappa shape index (κ1) is 43.7. The Morgan fingerprint density at radius 1 is 0.379 bits per heavy atom. The van der Waals surface area contributed by atoms with E-state index in [2.05, 4.69) is 20.0 Å². The Balaban J connectivity index is 0.000000221. The first-order valence-corrected chi connectivity index (χ1v) is 22.7. The van der Waals surface area contributed by atoms with Gasteiger partial charge in [0.25, 0.3) is 0 Å². The van der Waals surface area contributed by atoms with Crippen molar-refractivity contribution in [2.45, 2.75) is 19.6 Å². The first-order valence-electron chi connectivity index (χ1n) is 17.8. The Hall–Kier alpha value is -5.40. The van der Waals surface area contributed by atoms with E-state index in [0.717, 1.165) is 22.7 Å². The molecular formula is C46H44N4O4S4. The fourth-order valence-corrected chi connectivity index (χ4v) is 6.81. The summed E-state index contributed by atoms with van der Waals surface area (Å²) in [5, 5.41) is 21.4. The highest BCUT2D eigenvalue weighted by atomic mass is 32.2. The van der Waals surface area contributed by atoms with Crippen LogP contribution in [-0.4, -0.2) is 74.3 Å². The van der Waals surface area contributed by atoms with Crippen molar-refractivity contribution in [1.29, 1.82) is 0 Å². The van der Waals surface area contributed by atoms with E-state index in [1.807, 2.05) is 122 Å². The molecule has 0 bridgehead atoms. The number of rotatable bonds is 14. The lowest BCUT2D eigenvalue weighted by Crippen LogP contribution is -1.93. The molecule has 0 aliphatic heterocycles. The summed E-state index contributed by atoms with van der Waals surface area (Å²) in [5.74, 6) is 1.47. The van der Waals surface area contributed by atoms with Crippen molar-refractivity contribution in [3.63, 3.8) is 0 Å². The third-order valence-electron chi connectivity index (χ3n) is 8.46. The quantitative estimate of drug-likeness (QED) is 0.0824. The van der Waals surface area contributed by atoms with E-state index in [-0.39, 0.29) is 11.5 Å². The van der Waals surface area contributed by atoms with Crippen LogP contribution in [-0.2, 0) is 0 Å². The minimum absolute atomic E-state index is 0.111. The SMILES string of the molecule is COc1cc(C=Nc2ccc(SC)cc2)c(O)c(C=Nc2ccc(SC)cc2)c1.COc1cc(C=Nc2ccc(SC)cc2)c(O)c(C=Nc2ccc(SC)cc2)c1. The summed E-state index contributed by atoms with van der Waals surface area (Å²) in [4.78, 5) is 22.6. The molecule has 58 heavy (non-hydrogen) atoms. The Labute approximate surface area is 357 Å². The van der Waals surface area contributed by atoms with Gasteiger partial charge in [0.15, 0.2) is 0 Å². The van der Waals surface area contributed by atoms with E-state index < -0.39 is 0 Å². The molecule has 6 rings (SSSR count). The first-order chi connectivity index (χ1) is 28.2. The number of benzene rings is 6. The summed E-state index contributed by atoms with van der Waals surface area (Å²) in [6.07, 6.45) is 14.7. The van der Waals surface area contributed by atoms with Crippen LogP contribution in [0.1, 0.15) is 22.3 Å². The molecule has 8 nitrogen and oxygen atoms in total. The van der Waals surface area contributed by atoms with Gasteiger partial charge in [-0.15, -0.1) is 47.0 Å². The summed E-state index contributed by atoms with van der Waals surface area (Å²) in [6.45, 7) is 0. The molecule has 296 valence electrons. The molecule has 6 aromatic rings. The number of aromatic hydroxyl groups is 2. The number of ether oxygens (including phenoxy) is 2.